The number of carbonyl (C=O) groups is 1. The van der Waals surface area contributed by atoms with E-state index in [0.29, 0.717) is 25.2 Å². The van der Waals surface area contributed by atoms with Gasteiger partial charge in [-0.05, 0) is 26.0 Å². The largest absolute Gasteiger partial charge is 0.372 e. The smallest absolute Gasteiger partial charge is 0.254 e. The van der Waals surface area contributed by atoms with Crippen LogP contribution in [0.1, 0.15) is 24.2 Å². The molecule has 2 rings (SSSR count). The average molecular weight is 273 g/mol. The van der Waals surface area contributed by atoms with E-state index in [1.807, 2.05) is 13.8 Å². The second-order valence-electron chi connectivity index (χ2n) is 4.72. The fourth-order valence-electron chi connectivity index (χ4n) is 2.21. The Bertz CT molecular complexity index is 474. The van der Waals surface area contributed by atoms with E-state index in [0.717, 1.165) is 0 Å². The molecule has 1 aliphatic heterocycles. The Morgan fingerprint density at radius 1 is 1.16 bits per heavy atom. The third-order valence-corrected chi connectivity index (χ3v) is 2.94. The van der Waals surface area contributed by atoms with Crippen LogP contribution in [-0.2, 0) is 4.74 Å². The number of amides is 1. The van der Waals surface area contributed by atoms with Gasteiger partial charge in [0.1, 0.15) is 0 Å². The molecule has 1 aromatic rings. The van der Waals surface area contributed by atoms with Crippen LogP contribution in [0.25, 0.3) is 0 Å². The lowest BCUT2D eigenvalue weighted by molar-refractivity contribution is -0.0586. The van der Waals surface area contributed by atoms with Crippen molar-refractivity contribution >= 4 is 5.91 Å². The molecule has 0 bridgehead atoms. The second kappa shape index (κ2) is 5.21. The summed E-state index contributed by atoms with van der Waals surface area (Å²) >= 11 is 0. The zero-order valence-corrected chi connectivity index (χ0v) is 10.6. The Balaban J connectivity index is 2.24. The van der Waals surface area contributed by atoms with E-state index < -0.39 is 23.4 Å². The number of carbonyl (C=O) groups excluding carboxylic acids is 1. The van der Waals surface area contributed by atoms with Gasteiger partial charge in [-0.25, -0.2) is 13.2 Å². The molecule has 0 N–H and O–H groups in total. The Morgan fingerprint density at radius 2 is 1.63 bits per heavy atom. The maximum atomic E-state index is 13.1. The Hall–Kier alpha value is -1.56. The van der Waals surface area contributed by atoms with Gasteiger partial charge in [-0.3, -0.25) is 4.79 Å². The van der Waals surface area contributed by atoms with Crippen LogP contribution in [0.3, 0.4) is 0 Å². The van der Waals surface area contributed by atoms with Crippen molar-refractivity contribution in [3.8, 4) is 0 Å². The summed E-state index contributed by atoms with van der Waals surface area (Å²) in [6, 6.07) is 1.43. The lowest BCUT2D eigenvalue weighted by Gasteiger charge is -2.35. The molecule has 1 fully saturated rings. The predicted octanol–water partition coefficient (Wildman–Crippen LogP) is 2.35. The highest BCUT2D eigenvalue weighted by molar-refractivity contribution is 5.94. The third kappa shape index (κ3) is 2.89. The van der Waals surface area contributed by atoms with Gasteiger partial charge < -0.3 is 9.64 Å². The van der Waals surface area contributed by atoms with Crippen molar-refractivity contribution in [2.45, 2.75) is 26.1 Å². The van der Waals surface area contributed by atoms with E-state index in [1.165, 1.54) is 4.90 Å². The fourth-order valence-corrected chi connectivity index (χ4v) is 2.21. The average Bonchev–Trinajstić information content (AvgIpc) is 2.33. The summed E-state index contributed by atoms with van der Waals surface area (Å²) in [5.74, 6) is -4.82. The highest BCUT2D eigenvalue weighted by Gasteiger charge is 2.27. The highest BCUT2D eigenvalue weighted by atomic mass is 19.2. The zero-order chi connectivity index (χ0) is 14.2. The number of morpholine rings is 1. The number of ether oxygens (including phenoxy) is 1. The molecule has 19 heavy (non-hydrogen) atoms. The van der Waals surface area contributed by atoms with Crippen LogP contribution in [0.5, 0.6) is 0 Å². The van der Waals surface area contributed by atoms with E-state index in [2.05, 4.69) is 0 Å². The van der Waals surface area contributed by atoms with Crippen molar-refractivity contribution in [1.82, 2.24) is 4.90 Å². The first kappa shape index (κ1) is 13.9. The van der Waals surface area contributed by atoms with E-state index in [1.54, 1.807) is 0 Å². The summed E-state index contributed by atoms with van der Waals surface area (Å²) in [6.07, 6.45) is -0.300. The molecule has 1 heterocycles. The molecule has 3 nitrogen and oxygen atoms in total. The number of rotatable bonds is 1. The molecular weight excluding hydrogens is 259 g/mol. The molecule has 0 spiro atoms. The van der Waals surface area contributed by atoms with Crippen LogP contribution in [0.2, 0.25) is 0 Å². The fraction of sp³-hybridized carbons (Fsp3) is 0.462. The third-order valence-electron chi connectivity index (χ3n) is 2.94. The van der Waals surface area contributed by atoms with Crippen LogP contribution < -0.4 is 0 Å². The van der Waals surface area contributed by atoms with Gasteiger partial charge in [0.15, 0.2) is 17.5 Å². The lowest BCUT2D eigenvalue weighted by atomic mass is 10.1. The molecule has 0 radical (unpaired) electrons. The molecule has 6 heteroatoms. The van der Waals surface area contributed by atoms with E-state index in [4.69, 9.17) is 4.74 Å². The summed E-state index contributed by atoms with van der Waals surface area (Å²) in [5.41, 5.74) is -0.197. The van der Waals surface area contributed by atoms with Crippen molar-refractivity contribution in [2.75, 3.05) is 13.1 Å². The van der Waals surface area contributed by atoms with Gasteiger partial charge in [0, 0.05) is 18.7 Å². The zero-order valence-electron chi connectivity index (χ0n) is 10.6. The van der Waals surface area contributed by atoms with Gasteiger partial charge in [0.05, 0.1) is 12.2 Å². The number of halogens is 3. The van der Waals surface area contributed by atoms with Crippen molar-refractivity contribution in [3.05, 3.63) is 35.1 Å². The first-order chi connectivity index (χ1) is 8.88. The van der Waals surface area contributed by atoms with Gasteiger partial charge in [0.2, 0.25) is 0 Å². The minimum absolute atomic E-state index is 0.150. The summed E-state index contributed by atoms with van der Waals surface area (Å²) in [4.78, 5) is 13.6. The first-order valence-corrected chi connectivity index (χ1v) is 5.97. The molecule has 1 aromatic carbocycles. The number of hydrogen-bond donors (Lipinski definition) is 0. The van der Waals surface area contributed by atoms with E-state index in [-0.39, 0.29) is 17.8 Å². The van der Waals surface area contributed by atoms with Crippen molar-refractivity contribution < 1.29 is 22.7 Å². The highest BCUT2D eigenvalue weighted by Crippen LogP contribution is 2.18. The molecule has 1 saturated heterocycles. The molecule has 0 unspecified atom stereocenters. The molecule has 2 atom stereocenters. The quantitative estimate of drug-likeness (QED) is 0.735. The second-order valence-corrected chi connectivity index (χ2v) is 4.72. The summed E-state index contributed by atoms with van der Waals surface area (Å²) in [5, 5.41) is 0. The van der Waals surface area contributed by atoms with Crippen LogP contribution in [-0.4, -0.2) is 36.1 Å². The topological polar surface area (TPSA) is 29.5 Å². The molecule has 1 aliphatic rings. The Labute approximate surface area is 109 Å². The van der Waals surface area contributed by atoms with Gasteiger partial charge in [-0.2, -0.15) is 0 Å². The minimum Gasteiger partial charge on any atom is -0.372 e. The molecular formula is C13H14F3NO2. The Morgan fingerprint density at radius 3 is 2.11 bits per heavy atom. The summed E-state index contributed by atoms with van der Waals surface area (Å²) < 4.78 is 44.5. The normalized spacial score (nSPS) is 23.5. The standard InChI is InChI=1S/C13H14F3NO2/c1-7-5-17(6-8(2)19-7)13(18)9-3-10(14)12(16)11(15)4-9/h3-4,7-8H,5-6H2,1-2H3/t7-,8+. The maximum Gasteiger partial charge on any atom is 0.254 e. The number of benzene rings is 1. The van der Waals surface area contributed by atoms with Gasteiger partial charge >= 0.3 is 0 Å². The molecule has 0 aliphatic carbocycles. The van der Waals surface area contributed by atoms with Gasteiger partial charge in [-0.1, -0.05) is 0 Å². The predicted molar refractivity (Wildman–Crippen MR) is 62.2 cm³/mol. The van der Waals surface area contributed by atoms with Crippen LogP contribution in [0, 0.1) is 17.5 Å². The molecule has 104 valence electrons. The summed E-state index contributed by atoms with van der Waals surface area (Å²) in [7, 11) is 0. The monoisotopic (exact) mass is 273 g/mol. The first-order valence-electron chi connectivity index (χ1n) is 5.97. The molecule has 0 aromatic heterocycles. The maximum absolute atomic E-state index is 13.1. The van der Waals surface area contributed by atoms with Crippen LogP contribution >= 0.6 is 0 Å². The Kier molecular flexibility index (Phi) is 3.80. The van der Waals surface area contributed by atoms with E-state index >= 15 is 0 Å². The van der Waals surface area contributed by atoms with Crippen molar-refractivity contribution in [3.63, 3.8) is 0 Å². The van der Waals surface area contributed by atoms with E-state index in [9.17, 15) is 18.0 Å². The lowest BCUT2D eigenvalue weighted by Crippen LogP contribution is -2.48. The number of nitrogens with zero attached hydrogens (tertiary/aromatic N) is 1. The SMILES string of the molecule is C[C@@H]1CN(C(=O)c2cc(F)c(F)c(F)c2)C[C@H](C)O1. The summed E-state index contributed by atoms with van der Waals surface area (Å²) in [6.45, 7) is 4.29. The van der Waals surface area contributed by atoms with Crippen LogP contribution in [0.15, 0.2) is 12.1 Å². The molecule has 0 saturated carbocycles. The minimum atomic E-state index is -1.57. The van der Waals surface area contributed by atoms with Crippen LogP contribution in [0.4, 0.5) is 13.2 Å². The van der Waals surface area contributed by atoms with Crippen molar-refractivity contribution in [2.24, 2.45) is 0 Å². The number of hydrogen-bond acceptors (Lipinski definition) is 2. The molecule has 1 amide bonds. The van der Waals surface area contributed by atoms with Gasteiger partial charge in [-0.15, -0.1) is 0 Å². The van der Waals surface area contributed by atoms with Crippen molar-refractivity contribution in [1.29, 1.82) is 0 Å². The van der Waals surface area contributed by atoms with Gasteiger partial charge in [0.25, 0.3) is 5.91 Å².